The first-order valence-electron chi connectivity index (χ1n) is 6.11. The second kappa shape index (κ2) is 7.46. The lowest BCUT2D eigenvalue weighted by Gasteiger charge is -2.15. The molecule has 94 valence electrons. The van der Waals surface area contributed by atoms with Crippen LogP contribution in [0.4, 0.5) is 0 Å². The third-order valence-corrected chi connectivity index (χ3v) is 3.12. The molecule has 0 bridgehead atoms. The number of carbonyl (C=O) groups is 1. The zero-order chi connectivity index (χ0) is 12.7. The van der Waals surface area contributed by atoms with Crippen molar-refractivity contribution in [2.45, 2.75) is 26.2 Å². The first-order valence-corrected chi connectivity index (χ1v) is 6.49. The number of hydrogen-bond donors (Lipinski definition) is 0. The van der Waals surface area contributed by atoms with E-state index in [2.05, 4.69) is 18.9 Å². The third-order valence-electron chi connectivity index (χ3n) is 2.79. The summed E-state index contributed by atoms with van der Waals surface area (Å²) in [6, 6.07) is 7.23. The Labute approximate surface area is 109 Å². The van der Waals surface area contributed by atoms with Crippen LogP contribution in [0.1, 0.15) is 36.5 Å². The smallest absolute Gasteiger partial charge is 0.165 e. The summed E-state index contributed by atoms with van der Waals surface area (Å²) >= 11 is 5.98. The van der Waals surface area contributed by atoms with Crippen molar-refractivity contribution in [2.24, 2.45) is 0 Å². The summed E-state index contributed by atoms with van der Waals surface area (Å²) in [4.78, 5) is 14.1. The van der Waals surface area contributed by atoms with Crippen LogP contribution in [-0.4, -0.2) is 30.8 Å². The summed E-state index contributed by atoms with van der Waals surface area (Å²) in [6.07, 6.45) is 2.89. The number of rotatable bonds is 7. The minimum atomic E-state index is 0.124. The molecule has 0 aliphatic carbocycles. The molecule has 0 fully saturated rings. The predicted octanol–water partition coefficient (Wildman–Crippen LogP) is 3.64. The Morgan fingerprint density at radius 3 is 2.65 bits per heavy atom. The summed E-state index contributed by atoms with van der Waals surface area (Å²) in [5, 5.41) is 0.550. The molecule has 3 heteroatoms. The second-order valence-electron chi connectivity index (χ2n) is 4.31. The van der Waals surface area contributed by atoms with Gasteiger partial charge in [0.25, 0.3) is 0 Å². The fraction of sp³-hybridized carbons (Fsp3) is 0.500. The molecule has 1 rings (SSSR count). The van der Waals surface area contributed by atoms with Gasteiger partial charge in [0.1, 0.15) is 0 Å². The highest BCUT2D eigenvalue weighted by Gasteiger charge is 2.10. The molecule has 0 saturated heterocycles. The topological polar surface area (TPSA) is 20.3 Å². The number of benzene rings is 1. The SMILES string of the molecule is CCCCN(C)CCC(=O)c1ccccc1Cl. The van der Waals surface area contributed by atoms with Crippen molar-refractivity contribution >= 4 is 17.4 Å². The van der Waals surface area contributed by atoms with Gasteiger partial charge in [-0.15, -0.1) is 0 Å². The van der Waals surface area contributed by atoms with E-state index in [0.29, 0.717) is 17.0 Å². The van der Waals surface area contributed by atoms with Crippen LogP contribution in [0.2, 0.25) is 5.02 Å². The number of halogens is 1. The van der Waals surface area contributed by atoms with E-state index in [4.69, 9.17) is 11.6 Å². The predicted molar refractivity (Wildman–Crippen MR) is 72.8 cm³/mol. The van der Waals surface area contributed by atoms with Crippen LogP contribution < -0.4 is 0 Å². The van der Waals surface area contributed by atoms with Crippen LogP contribution in [0.15, 0.2) is 24.3 Å². The molecule has 2 nitrogen and oxygen atoms in total. The monoisotopic (exact) mass is 253 g/mol. The molecule has 0 radical (unpaired) electrons. The van der Waals surface area contributed by atoms with Gasteiger partial charge in [-0.2, -0.15) is 0 Å². The highest BCUT2D eigenvalue weighted by molar-refractivity contribution is 6.33. The molecule has 0 spiro atoms. The Hall–Kier alpha value is -0.860. The summed E-state index contributed by atoms with van der Waals surface area (Å²) in [6.45, 7) is 4.01. The number of carbonyl (C=O) groups excluding carboxylic acids is 1. The molecule has 1 aromatic carbocycles. The largest absolute Gasteiger partial charge is 0.306 e. The third kappa shape index (κ3) is 4.88. The van der Waals surface area contributed by atoms with Gasteiger partial charge in [-0.25, -0.2) is 0 Å². The van der Waals surface area contributed by atoms with Crippen molar-refractivity contribution in [1.29, 1.82) is 0 Å². The van der Waals surface area contributed by atoms with E-state index in [0.717, 1.165) is 13.1 Å². The van der Waals surface area contributed by atoms with Crippen LogP contribution >= 0.6 is 11.6 Å². The second-order valence-corrected chi connectivity index (χ2v) is 4.72. The minimum absolute atomic E-state index is 0.124. The first-order chi connectivity index (χ1) is 8.15. The first kappa shape index (κ1) is 14.2. The van der Waals surface area contributed by atoms with Crippen molar-refractivity contribution in [3.8, 4) is 0 Å². The fourth-order valence-corrected chi connectivity index (χ4v) is 1.90. The zero-order valence-electron chi connectivity index (χ0n) is 10.6. The zero-order valence-corrected chi connectivity index (χ0v) is 11.3. The number of nitrogens with zero attached hydrogens (tertiary/aromatic N) is 1. The normalized spacial score (nSPS) is 10.8. The Kier molecular flexibility index (Phi) is 6.23. The fourth-order valence-electron chi connectivity index (χ4n) is 1.65. The van der Waals surface area contributed by atoms with E-state index in [1.54, 1.807) is 12.1 Å². The average Bonchev–Trinajstić information content (AvgIpc) is 2.34. The Balaban J connectivity index is 2.42. The van der Waals surface area contributed by atoms with Gasteiger partial charge < -0.3 is 4.90 Å². The molecule has 0 N–H and O–H groups in total. The summed E-state index contributed by atoms with van der Waals surface area (Å²) in [5.74, 6) is 0.124. The van der Waals surface area contributed by atoms with Gasteiger partial charge in [0.05, 0.1) is 5.02 Å². The van der Waals surface area contributed by atoms with Crippen molar-refractivity contribution in [1.82, 2.24) is 4.90 Å². The van der Waals surface area contributed by atoms with Crippen molar-refractivity contribution in [3.63, 3.8) is 0 Å². The maximum atomic E-state index is 11.9. The Morgan fingerprint density at radius 1 is 1.29 bits per heavy atom. The summed E-state index contributed by atoms with van der Waals surface area (Å²) in [7, 11) is 2.05. The van der Waals surface area contributed by atoms with E-state index in [1.807, 2.05) is 12.1 Å². The van der Waals surface area contributed by atoms with Crippen LogP contribution in [0.3, 0.4) is 0 Å². The van der Waals surface area contributed by atoms with Crippen molar-refractivity contribution in [2.75, 3.05) is 20.1 Å². The van der Waals surface area contributed by atoms with Gasteiger partial charge in [0, 0.05) is 18.5 Å². The van der Waals surface area contributed by atoms with Crippen LogP contribution in [-0.2, 0) is 0 Å². The molecule has 0 aromatic heterocycles. The highest BCUT2D eigenvalue weighted by Crippen LogP contribution is 2.16. The molecule has 0 atom stereocenters. The molecule has 0 amide bonds. The van der Waals surface area contributed by atoms with Crippen molar-refractivity contribution < 1.29 is 4.79 Å². The van der Waals surface area contributed by atoms with Gasteiger partial charge in [-0.3, -0.25) is 4.79 Å². The molecule has 0 unspecified atom stereocenters. The lowest BCUT2D eigenvalue weighted by atomic mass is 10.1. The average molecular weight is 254 g/mol. The minimum Gasteiger partial charge on any atom is -0.306 e. The Morgan fingerprint density at radius 2 is 2.00 bits per heavy atom. The van der Waals surface area contributed by atoms with Gasteiger partial charge in [-0.05, 0) is 32.1 Å². The van der Waals surface area contributed by atoms with E-state index >= 15 is 0 Å². The van der Waals surface area contributed by atoms with Gasteiger partial charge in [0.2, 0.25) is 0 Å². The van der Waals surface area contributed by atoms with Gasteiger partial charge in [-0.1, -0.05) is 37.1 Å². The maximum absolute atomic E-state index is 11.9. The van der Waals surface area contributed by atoms with E-state index in [1.165, 1.54) is 12.8 Å². The Bertz CT molecular complexity index is 365. The lowest BCUT2D eigenvalue weighted by molar-refractivity contribution is 0.0969. The standard InChI is InChI=1S/C14H20ClNO/c1-3-4-10-16(2)11-9-14(17)12-7-5-6-8-13(12)15/h5-8H,3-4,9-11H2,1-2H3. The lowest BCUT2D eigenvalue weighted by Crippen LogP contribution is -2.23. The van der Waals surface area contributed by atoms with E-state index in [9.17, 15) is 4.79 Å². The number of ketones is 1. The van der Waals surface area contributed by atoms with Gasteiger partial charge in [0.15, 0.2) is 5.78 Å². The molecule has 1 aromatic rings. The molecular weight excluding hydrogens is 234 g/mol. The van der Waals surface area contributed by atoms with Crippen molar-refractivity contribution in [3.05, 3.63) is 34.9 Å². The van der Waals surface area contributed by atoms with E-state index in [-0.39, 0.29) is 5.78 Å². The molecule has 17 heavy (non-hydrogen) atoms. The van der Waals surface area contributed by atoms with Crippen LogP contribution in [0.25, 0.3) is 0 Å². The molecular formula is C14H20ClNO. The van der Waals surface area contributed by atoms with Crippen LogP contribution in [0, 0.1) is 0 Å². The summed E-state index contributed by atoms with van der Waals surface area (Å²) < 4.78 is 0. The number of Topliss-reactive ketones (excluding diaryl/α,β-unsaturated/α-hetero) is 1. The summed E-state index contributed by atoms with van der Waals surface area (Å²) in [5.41, 5.74) is 0.637. The number of unbranched alkanes of at least 4 members (excludes halogenated alkanes) is 1. The molecule has 0 aliphatic rings. The van der Waals surface area contributed by atoms with Gasteiger partial charge >= 0.3 is 0 Å². The molecule has 0 aliphatic heterocycles. The highest BCUT2D eigenvalue weighted by atomic mass is 35.5. The molecule has 0 saturated carbocycles. The van der Waals surface area contributed by atoms with E-state index < -0.39 is 0 Å². The number of hydrogen-bond acceptors (Lipinski definition) is 2. The van der Waals surface area contributed by atoms with Crippen LogP contribution in [0.5, 0.6) is 0 Å². The quantitative estimate of drug-likeness (QED) is 0.692. The maximum Gasteiger partial charge on any atom is 0.165 e. The molecule has 0 heterocycles.